The fourth-order valence-electron chi connectivity index (χ4n) is 1.40. The third kappa shape index (κ3) is 4.51. The monoisotopic (exact) mass is 260 g/mol. The predicted molar refractivity (Wildman–Crippen MR) is 70.0 cm³/mol. The van der Waals surface area contributed by atoms with Crippen LogP contribution in [0.1, 0.15) is 5.56 Å². The lowest BCUT2D eigenvalue weighted by Crippen LogP contribution is -2.34. The molecule has 6 heteroatoms. The van der Waals surface area contributed by atoms with Gasteiger partial charge in [-0.25, -0.2) is 9.97 Å². The van der Waals surface area contributed by atoms with Crippen molar-refractivity contribution in [1.82, 2.24) is 15.0 Å². The molecule has 0 aliphatic rings. The summed E-state index contributed by atoms with van der Waals surface area (Å²) < 4.78 is 10.9. The molecule has 0 bridgehead atoms. The molecule has 1 unspecified atom stereocenters. The van der Waals surface area contributed by atoms with Gasteiger partial charge in [-0.15, -0.1) is 0 Å². The Hall–Kier alpha value is -2.21. The van der Waals surface area contributed by atoms with E-state index in [1.165, 1.54) is 0 Å². The summed E-state index contributed by atoms with van der Waals surface area (Å²) in [4.78, 5) is 11.9. The van der Waals surface area contributed by atoms with E-state index in [0.29, 0.717) is 25.0 Å². The molecule has 0 aromatic carbocycles. The third-order valence-electron chi connectivity index (χ3n) is 2.28. The Kier molecular flexibility index (Phi) is 4.63. The molecule has 0 aliphatic carbocycles. The van der Waals surface area contributed by atoms with Gasteiger partial charge in [-0.3, -0.25) is 4.98 Å². The van der Waals surface area contributed by atoms with Crippen LogP contribution in [0, 0.1) is 6.92 Å². The maximum Gasteiger partial charge on any atom is 0.316 e. The van der Waals surface area contributed by atoms with Crippen molar-refractivity contribution in [3.05, 3.63) is 42.5 Å². The molecule has 0 saturated carbocycles. The molecule has 2 N–H and O–H groups in total. The van der Waals surface area contributed by atoms with Crippen LogP contribution in [0.15, 0.2) is 36.9 Å². The van der Waals surface area contributed by atoms with Gasteiger partial charge in [-0.1, -0.05) is 0 Å². The van der Waals surface area contributed by atoms with Crippen molar-refractivity contribution in [2.75, 3.05) is 13.2 Å². The van der Waals surface area contributed by atoms with E-state index in [1.807, 2.05) is 13.0 Å². The SMILES string of the molecule is Cc1cncc(OCC(N)COc2ncccn2)c1. The molecule has 0 fully saturated rings. The molecule has 0 spiro atoms. The summed E-state index contributed by atoms with van der Waals surface area (Å²) in [6.45, 7) is 2.59. The zero-order valence-corrected chi connectivity index (χ0v) is 10.7. The van der Waals surface area contributed by atoms with Crippen LogP contribution in [0.3, 0.4) is 0 Å². The van der Waals surface area contributed by atoms with Crippen LogP contribution in [0.4, 0.5) is 0 Å². The smallest absolute Gasteiger partial charge is 0.316 e. The molecule has 19 heavy (non-hydrogen) atoms. The fourth-order valence-corrected chi connectivity index (χ4v) is 1.40. The Labute approximate surface area is 111 Å². The van der Waals surface area contributed by atoms with Crippen molar-refractivity contribution in [2.45, 2.75) is 13.0 Å². The third-order valence-corrected chi connectivity index (χ3v) is 2.28. The number of rotatable bonds is 6. The predicted octanol–water partition coefficient (Wildman–Crippen LogP) is 0.965. The van der Waals surface area contributed by atoms with E-state index in [0.717, 1.165) is 5.56 Å². The first-order valence-corrected chi connectivity index (χ1v) is 5.94. The van der Waals surface area contributed by atoms with Crippen LogP contribution in [-0.4, -0.2) is 34.2 Å². The van der Waals surface area contributed by atoms with Crippen molar-refractivity contribution in [2.24, 2.45) is 5.73 Å². The number of nitrogens with zero attached hydrogens (tertiary/aromatic N) is 3. The largest absolute Gasteiger partial charge is 0.490 e. The molecule has 0 amide bonds. The lowest BCUT2D eigenvalue weighted by molar-refractivity contribution is 0.210. The minimum atomic E-state index is -0.260. The Balaban J connectivity index is 1.74. The minimum absolute atomic E-state index is 0.260. The van der Waals surface area contributed by atoms with E-state index in [4.69, 9.17) is 15.2 Å². The fraction of sp³-hybridized carbons (Fsp3) is 0.308. The number of aromatic nitrogens is 3. The topological polar surface area (TPSA) is 83.2 Å². The Morgan fingerprint density at radius 2 is 1.89 bits per heavy atom. The molecule has 0 saturated heterocycles. The van der Waals surface area contributed by atoms with Gasteiger partial charge in [0.05, 0.1) is 12.2 Å². The van der Waals surface area contributed by atoms with Gasteiger partial charge in [0.15, 0.2) is 0 Å². The second-order valence-electron chi connectivity index (χ2n) is 4.11. The van der Waals surface area contributed by atoms with Gasteiger partial charge in [0, 0.05) is 18.6 Å². The highest BCUT2D eigenvalue weighted by Gasteiger charge is 2.06. The van der Waals surface area contributed by atoms with Gasteiger partial charge in [-0.2, -0.15) is 0 Å². The summed E-state index contributed by atoms with van der Waals surface area (Å²) in [6, 6.07) is 3.68. The highest BCUT2D eigenvalue weighted by atomic mass is 16.5. The highest BCUT2D eigenvalue weighted by molar-refractivity contribution is 5.22. The summed E-state index contributed by atoms with van der Waals surface area (Å²) >= 11 is 0. The quantitative estimate of drug-likeness (QED) is 0.833. The van der Waals surface area contributed by atoms with Crippen molar-refractivity contribution in [3.8, 4) is 11.8 Å². The summed E-state index contributed by atoms with van der Waals surface area (Å²) in [5, 5.41) is 0. The molecule has 100 valence electrons. The molecule has 1 atom stereocenters. The summed E-state index contributed by atoms with van der Waals surface area (Å²) in [7, 11) is 0. The first-order valence-electron chi connectivity index (χ1n) is 5.94. The summed E-state index contributed by atoms with van der Waals surface area (Å²) in [5.74, 6) is 0.700. The number of aryl methyl sites for hydroxylation is 1. The lowest BCUT2D eigenvalue weighted by atomic mass is 10.3. The van der Waals surface area contributed by atoms with E-state index in [-0.39, 0.29) is 6.04 Å². The van der Waals surface area contributed by atoms with E-state index in [1.54, 1.807) is 30.9 Å². The molecule has 2 aromatic rings. The Morgan fingerprint density at radius 1 is 1.16 bits per heavy atom. The second kappa shape index (κ2) is 6.65. The Morgan fingerprint density at radius 3 is 2.63 bits per heavy atom. The van der Waals surface area contributed by atoms with Gasteiger partial charge in [0.25, 0.3) is 0 Å². The number of hydrogen-bond acceptors (Lipinski definition) is 6. The minimum Gasteiger partial charge on any atom is -0.490 e. The Bertz CT molecular complexity index is 507. The molecule has 2 heterocycles. The lowest BCUT2D eigenvalue weighted by Gasteiger charge is -2.13. The van der Waals surface area contributed by atoms with Gasteiger partial charge in [0.1, 0.15) is 19.0 Å². The summed E-state index contributed by atoms with van der Waals surface area (Å²) in [6.07, 6.45) is 6.65. The van der Waals surface area contributed by atoms with E-state index >= 15 is 0 Å². The second-order valence-corrected chi connectivity index (χ2v) is 4.11. The molecule has 0 aliphatic heterocycles. The zero-order valence-electron chi connectivity index (χ0n) is 10.7. The zero-order chi connectivity index (χ0) is 13.5. The molecular formula is C13H16N4O2. The number of ether oxygens (including phenoxy) is 2. The van der Waals surface area contributed by atoms with E-state index in [9.17, 15) is 0 Å². The average molecular weight is 260 g/mol. The maximum absolute atomic E-state index is 5.88. The van der Waals surface area contributed by atoms with Gasteiger partial charge >= 0.3 is 6.01 Å². The van der Waals surface area contributed by atoms with Crippen LogP contribution in [0.2, 0.25) is 0 Å². The van der Waals surface area contributed by atoms with Crippen molar-refractivity contribution >= 4 is 0 Å². The average Bonchev–Trinajstić information content (AvgIpc) is 2.44. The maximum atomic E-state index is 5.88. The van der Waals surface area contributed by atoms with Crippen molar-refractivity contribution < 1.29 is 9.47 Å². The molecule has 2 rings (SSSR count). The highest BCUT2D eigenvalue weighted by Crippen LogP contribution is 2.10. The van der Waals surface area contributed by atoms with E-state index in [2.05, 4.69) is 15.0 Å². The van der Waals surface area contributed by atoms with Gasteiger partial charge < -0.3 is 15.2 Å². The number of nitrogens with two attached hydrogens (primary N) is 1. The van der Waals surface area contributed by atoms with Crippen LogP contribution < -0.4 is 15.2 Å². The van der Waals surface area contributed by atoms with Gasteiger partial charge in [0.2, 0.25) is 0 Å². The van der Waals surface area contributed by atoms with Crippen LogP contribution in [0.25, 0.3) is 0 Å². The standard InChI is InChI=1S/C13H16N4O2/c1-10-5-12(7-15-6-10)18-8-11(14)9-19-13-16-3-2-4-17-13/h2-7,11H,8-9,14H2,1H3. The van der Waals surface area contributed by atoms with Crippen molar-refractivity contribution in [3.63, 3.8) is 0 Å². The van der Waals surface area contributed by atoms with Crippen LogP contribution in [0.5, 0.6) is 11.8 Å². The van der Waals surface area contributed by atoms with E-state index < -0.39 is 0 Å². The first kappa shape index (κ1) is 13.2. The summed E-state index contributed by atoms with van der Waals surface area (Å²) in [5.41, 5.74) is 6.92. The van der Waals surface area contributed by atoms with Gasteiger partial charge in [-0.05, 0) is 24.6 Å². The normalized spacial score (nSPS) is 11.9. The molecule has 2 aromatic heterocycles. The first-order chi connectivity index (χ1) is 9.24. The number of hydrogen-bond donors (Lipinski definition) is 1. The number of pyridine rings is 1. The van der Waals surface area contributed by atoms with Crippen molar-refractivity contribution in [1.29, 1.82) is 0 Å². The molecule has 0 radical (unpaired) electrons. The van der Waals surface area contributed by atoms with Crippen LogP contribution >= 0.6 is 0 Å². The molecular weight excluding hydrogens is 244 g/mol. The van der Waals surface area contributed by atoms with Crippen LogP contribution in [-0.2, 0) is 0 Å². The molecule has 6 nitrogen and oxygen atoms in total.